The number of benzene rings is 1. The number of carbonyl (C=O) groups excluding carboxylic acids is 1. The summed E-state index contributed by atoms with van der Waals surface area (Å²) in [5.74, 6) is -0.852. The summed E-state index contributed by atoms with van der Waals surface area (Å²) >= 11 is 1.21. The molecule has 2 aromatic rings. The largest absolute Gasteiger partial charge is 0.379 e. The van der Waals surface area contributed by atoms with Gasteiger partial charge in [0.05, 0.1) is 30.7 Å². The molecule has 8 nitrogen and oxygen atoms in total. The first-order chi connectivity index (χ1) is 13.3. The van der Waals surface area contributed by atoms with E-state index in [1.54, 1.807) is 12.1 Å². The number of nitrogens with zero attached hydrogens (tertiary/aromatic N) is 4. The third-order valence-electron chi connectivity index (χ3n) is 4.56. The van der Waals surface area contributed by atoms with Gasteiger partial charge < -0.3 is 4.74 Å². The number of morpholine rings is 1. The lowest BCUT2D eigenvalue weighted by molar-refractivity contribution is -0.118. The fourth-order valence-corrected chi connectivity index (χ4v) is 4.17. The van der Waals surface area contributed by atoms with Crippen LogP contribution in [-0.2, 0) is 19.6 Å². The number of anilines is 1. The minimum Gasteiger partial charge on any atom is -0.379 e. The Morgan fingerprint density at radius 1 is 1.36 bits per heavy atom. The standard InChI is InChI=1S/C17H23FN4O4S2/c1-20(28(2,24)25)12-15(23)22(7-6-21-8-10-26-11-9-21)17-19-16-13(18)4-3-5-14(16)27-17/h3-5H,6-12H2,1-2H3. The van der Waals surface area contributed by atoms with Crippen molar-refractivity contribution in [2.75, 3.05) is 64.1 Å². The molecule has 1 aromatic carbocycles. The first-order valence-electron chi connectivity index (χ1n) is 8.82. The number of amides is 1. The van der Waals surface area contributed by atoms with E-state index in [4.69, 9.17) is 4.74 Å². The number of carbonyl (C=O) groups is 1. The normalized spacial score (nSPS) is 16.0. The minimum absolute atomic E-state index is 0.211. The van der Waals surface area contributed by atoms with Crippen LogP contribution in [0.1, 0.15) is 0 Å². The van der Waals surface area contributed by atoms with Crippen LogP contribution in [-0.4, -0.2) is 87.8 Å². The molecule has 0 N–H and O–H groups in total. The average Bonchev–Trinajstić information content (AvgIpc) is 3.07. The van der Waals surface area contributed by atoms with E-state index >= 15 is 0 Å². The van der Waals surface area contributed by atoms with Crippen molar-refractivity contribution >= 4 is 42.6 Å². The molecule has 0 radical (unpaired) electrons. The fourth-order valence-electron chi connectivity index (χ4n) is 2.80. The molecule has 1 amide bonds. The predicted octanol–water partition coefficient (Wildman–Crippen LogP) is 0.992. The fraction of sp³-hybridized carbons (Fsp3) is 0.529. The summed E-state index contributed by atoms with van der Waals surface area (Å²) < 4.78 is 44.4. The Balaban J connectivity index is 1.83. The van der Waals surface area contributed by atoms with E-state index in [9.17, 15) is 17.6 Å². The number of hydrogen-bond acceptors (Lipinski definition) is 7. The van der Waals surface area contributed by atoms with Gasteiger partial charge in [0.1, 0.15) is 11.3 Å². The summed E-state index contributed by atoms with van der Waals surface area (Å²) in [5, 5.41) is 0.361. The van der Waals surface area contributed by atoms with Crippen molar-refractivity contribution in [3.05, 3.63) is 24.0 Å². The molecular weight excluding hydrogens is 407 g/mol. The van der Waals surface area contributed by atoms with Crippen LogP contribution in [0.25, 0.3) is 10.2 Å². The maximum atomic E-state index is 14.0. The quantitative estimate of drug-likeness (QED) is 0.652. The van der Waals surface area contributed by atoms with Crippen molar-refractivity contribution in [3.8, 4) is 0 Å². The van der Waals surface area contributed by atoms with Crippen molar-refractivity contribution in [3.63, 3.8) is 0 Å². The Kier molecular flexibility index (Phi) is 6.61. The summed E-state index contributed by atoms with van der Waals surface area (Å²) in [5.41, 5.74) is 0.211. The third kappa shape index (κ3) is 5.03. The molecule has 0 spiro atoms. The number of fused-ring (bicyclic) bond motifs is 1. The molecule has 154 valence electrons. The van der Waals surface area contributed by atoms with E-state index in [0.29, 0.717) is 36.1 Å². The molecular formula is C17H23FN4O4S2. The van der Waals surface area contributed by atoms with E-state index < -0.39 is 21.7 Å². The highest BCUT2D eigenvalue weighted by atomic mass is 32.2. The van der Waals surface area contributed by atoms with Crippen molar-refractivity contribution in [1.29, 1.82) is 0 Å². The lowest BCUT2D eigenvalue weighted by Crippen LogP contribution is -2.46. The lowest BCUT2D eigenvalue weighted by Gasteiger charge is -2.29. The van der Waals surface area contributed by atoms with Crippen LogP contribution in [0.4, 0.5) is 9.52 Å². The summed E-state index contributed by atoms with van der Waals surface area (Å²) in [7, 11) is -2.15. The van der Waals surface area contributed by atoms with Gasteiger partial charge in [-0.2, -0.15) is 4.31 Å². The van der Waals surface area contributed by atoms with E-state index in [2.05, 4.69) is 9.88 Å². The molecule has 0 atom stereocenters. The Hall–Kier alpha value is -1.66. The molecule has 0 aliphatic carbocycles. The zero-order valence-electron chi connectivity index (χ0n) is 15.8. The second-order valence-electron chi connectivity index (χ2n) is 6.60. The number of sulfonamides is 1. The molecule has 1 aliphatic heterocycles. The maximum absolute atomic E-state index is 14.0. The monoisotopic (exact) mass is 430 g/mol. The summed E-state index contributed by atoms with van der Waals surface area (Å²) in [6.07, 6.45) is 1.05. The molecule has 1 fully saturated rings. The number of halogens is 1. The highest BCUT2D eigenvalue weighted by Crippen LogP contribution is 2.30. The third-order valence-corrected chi connectivity index (χ3v) is 6.86. The van der Waals surface area contributed by atoms with E-state index in [-0.39, 0.29) is 12.1 Å². The molecule has 0 saturated carbocycles. The Morgan fingerprint density at radius 3 is 2.71 bits per heavy atom. The van der Waals surface area contributed by atoms with Crippen molar-refractivity contribution in [2.24, 2.45) is 0 Å². The first-order valence-corrected chi connectivity index (χ1v) is 11.5. The zero-order chi connectivity index (χ0) is 20.3. The van der Waals surface area contributed by atoms with Crippen LogP contribution in [0.2, 0.25) is 0 Å². The van der Waals surface area contributed by atoms with Crippen LogP contribution < -0.4 is 4.90 Å². The van der Waals surface area contributed by atoms with E-state index in [0.717, 1.165) is 23.7 Å². The van der Waals surface area contributed by atoms with Crippen molar-refractivity contribution in [2.45, 2.75) is 0 Å². The van der Waals surface area contributed by atoms with Crippen LogP contribution in [0.5, 0.6) is 0 Å². The zero-order valence-corrected chi connectivity index (χ0v) is 17.4. The molecule has 28 heavy (non-hydrogen) atoms. The second kappa shape index (κ2) is 8.78. The highest BCUT2D eigenvalue weighted by Gasteiger charge is 2.25. The van der Waals surface area contributed by atoms with Crippen LogP contribution >= 0.6 is 11.3 Å². The number of ether oxygens (including phenoxy) is 1. The average molecular weight is 431 g/mol. The van der Waals surface area contributed by atoms with Crippen molar-refractivity contribution in [1.82, 2.24) is 14.2 Å². The minimum atomic E-state index is -3.50. The number of hydrogen-bond donors (Lipinski definition) is 0. The van der Waals surface area contributed by atoms with E-state index in [1.807, 2.05) is 0 Å². The van der Waals surface area contributed by atoms with Gasteiger partial charge in [-0.1, -0.05) is 17.4 Å². The van der Waals surface area contributed by atoms with Gasteiger partial charge in [0.25, 0.3) is 0 Å². The number of aromatic nitrogens is 1. The molecule has 0 bridgehead atoms. The topological polar surface area (TPSA) is 83.1 Å². The highest BCUT2D eigenvalue weighted by molar-refractivity contribution is 7.88. The van der Waals surface area contributed by atoms with Crippen molar-refractivity contribution < 1.29 is 22.3 Å². The molecule has 0 unspecified atom stereocenters. The number of thiazole rings is 1. The Bertz CT molecular complexity index is 944. The van der Waals surface area contributed by atoms with Gasteiger partial charge >= 0.3 is 0 Å². The number of rotatable bonds is 7. The molecule has 11 heteroatoms. The lowest BCUT2D eigenvalue weighted by atomic mass is 10.3. The summed E-state index contributed by atoms with van der Waals surface area (Å²) in [6.45, 7) is 3.42. The number of likely N-dealkylation sites (N-methyl/N-ethyl adjacent to an activating group) is 1. The smallest absolute Gasteiger partial charge is 0.244 e. The molecule has 1 saturated heterocycles. The summed E-state index contributed by atoms with van der Waals surface area (Å²) in [4.78, 5) is 20.8. The molecule has 3 rings (SSSR count). The molecule has 2 heterocycles. The van der Waals surface area contributed by atoms with Gasteiger partial charge in [0, 0.05) is 33.2 Å². The Labute approximate surface area is 167 Å². The van der Waals surface area contributed by atoms with Gasteiger partial charge in [0.15, 0.2) is 5.13 Å². The predicted molar refractivity (Wildman–Crippen MR) is 107 cm³/mol. The van der Waals surface area contributed by atoms with Gasteiger partial charge in [0.2, 0.25) is 15.9 Å². The SMILES string of the molecule is CN(CC(=O)N(CCN1CCOCC1)c1nc2c(F)cccc2s1)S(C)(=O)=O. The summed E-state index contributed by atoms with van der Waals surface area (Å²) in [6, 6.07) is 4.66. The molecule has 1 aromatic heterocycles. The second-order valence-corrected chi connectivity index (χ2v) is 9.70. The van der Waals surface area contributed by atoms with Crippen LogP contribution in [0.3, 0.4) is 0 Å². The van der Waals surface area contributed by atoms with Crippen LogP contribution in [0.15, 0.2) is 18.2 Å². The first kappa shape index (κ1) is 21.1. The van der Waals surface area contributed by atoms with E-state index in [1.165, 1.54) is 29.4 Å². The Morgan fingerprint density at radius 2 is 2.07 bits per heavy atom. The maximum Gasteiger partial charge on any atom is 0.244 e. The van der Waals surface area contributed by atoms with Gasteiger partial charge in [-0.3, -0.25) is 14.6 Å². The van der Waals surface area contributed by atoms with Gasteiger partial charge in [-0.25, -0.2) is 17.8 Å². The number of para-hydroxylation sites is 1. The van der Waals surface area contributed by atoms with Crippen LogP contribution in [0, 0.1) is 5.82 Å². The van der Waals surface area contributed by atoms with Gasteiger partial charge in [-0.15, -0.1) is 0 Å². The molecule has 1 aliphatic rings. The van der Waals surface area contributed by atoms with Gasteiger partial charge in [-0.05, 0) is 12.1 Å².